The second-order valence-electron chi connectivity index (χ2n) is 8.11. The van der Waals surface area contributed by atoms with Gasteiger partial charge in [-0.15, -0.1) is 0 Å². The maximum Gasteiger partial charge on any atom is 0.226 e. The Morgan fingerprint density at radius 3 is 2.73 bits per heavy atom. The zero-order valence-electron chi connectivity index (χ0n) is 15.2. The van der Waals surface area contributed by atoms with Crippen LogP contribution in [0, 0.1) is 19.8 Å². The number of hydrogen-bond donors (Lipinski definition) is 0. The number of amides is 1. The molecule has 2 saturated carbocycles. The second-order valence-corrected chi connectivity index (χ2v) is 8.48. The quantitative estimate of drug-likeness (QED) is 0.822. The van der Waals surface area contributed by atoms with E-state index in [2.05, 4.69) is 21.0 Å². The molecule has 5 nitrogen and oxygen atoms in total. The van der Waals surface area contributed by atoms with Crippen LogP contribution in [0.15, 0.2) is 12.4 Å². The molecule has 0 unspecified atom stereocenters. The van der Waals surface area contributed by atoms with Gasteiger partial charge in [0.15, 0.2) is 0 Å². The van der Waals surface area contributed by atoms with Crippen LogP contribution in [0.25, 0.3) is 0 Å². The van der Waals surface area contributed by atoms with Gasteiger partial charge in [0.25, 0.3) is 0 Å². The number of pyridine rings is 1. The standard InChI is InChI=1S/C20H23ClN4O/c1-11-17-9-24(10-18(17)23-12(2)19(11)21)20(26)14-5-13(6-14)15-7-22-25(8-15)16-3-4-16/h7-8,13-14,16H,3-6,9-10H2,1-2H3. The van der Waals surface area contributed by atoms with E-state index in [-0.39, 0.29) is 11.8 Å². The summed E-state index contributed by atoms with van der Waals surface area (Å²) in [7, 11) is 0. The number of aryl methyl sites for hydroxylation is 1. The van der Waals surface area contributed by atoms with Gasteiger partial charge in [-0.25, -0.2) is 0 Å². The second kappa shape index (κ2) is 5.81. The lowest BCUT2D eigenvalue weighted by atomic mass is 9.71. The van der Waals surface area contributed by atoms with Crippen LogP contribution < -0.4 is 0 Å². The van der Waals surface area contributed by atoms with Gasteiger partial charge in [-0.05, 0) is 62.1 Å². The summed E-state index contributed by atoms with van der Waals surface area (Å²) >= 11 is 6.33. The van der Waals surface area contributed by atoms with Crippen LogP contribution in [-0.2, 0) is 17.9 Å². The number of fused-ring (bicyclic) bond motifs is 1. The summed E-state index contributed by atoms with van der Waals surface area (Å²) in [5.74, 6) is 0.885. The number of carbonyl (C=O) groups is 1. The summed E-state index contributed by atoms with van der Waals surface area (Å²) in [6.45, 7) is 5.22. The van der Waals surface area contributed by atoms with E-state index < -0.39 is 0 Å². The van der Waals surface area contributed by atoms with Crippen molar-refractivity contribution in [2.45, 2.75) is 64.6 Å². The topological polar surface area (TPSA) is 51.0 Å². The summed E-state index contributed by atoms with van der Waals surface area (Å²) in [6.07, 6.45) is 8.56. The van der Waals surface area contributed by atoms with E-state index in [0.29, 0.717) is 25.0 Å². The molecule has 2 aliphatic carbocycles. The van der Waals surface area contributed by atoms with Gasteiger partial charge >= 0.3 is 0 Å². The molecule has 2 fully saturated rings. The van der Waals surface area contributed by atoms with E-state index in [1.165, 1.54) is 18.4 Å². The maximum absolute atomic E-state index is 12.9. The fraction of sp³-hybridized carbons (Fsp3) is 0.550. The first-order valence-corrected chi connectivity index (χ1v) is 9.86. The third-order valence-corrected chi connectivity index (χ3v) is 6.81. The third-order valence-electron chi connectivity index (χ3n) is 6.25. The lowest BCUT2D eigenvalue weighted by Crippen LogP contribution is -2.38. The SMILES string of the molecule is Cc1nc2c(c(C)c1Cl)CN(C(=O)C1CC(c3cnn(C4CC4)c3)C1)C2. The van der Waals surface area contributed by atoms with Crippen molar-refractivity contribution in [2.75, 3.05) is 0 Å². The first kappa shape index (κ1) is 16.3. The molecule has 0 bridgehead atoms. The highest BCUT2D eigenvalue weighted by Crippen LogP contribution is 2.44. The molecule has 0 aromatic carbocycles. The molecule has 2 aromatic heterocycles. The zero-order valence-corrected chi connectivity index (χ0v) is 16.0. The Hall–Kier alpha value is -1.88. The van der Waals surface area contributed by atoms with Crippen LogP contribution >= 0.6 is 11.6 Å². The van der Waals surface area contributed by atoms with Crippen molar-refractivity contribution >= 4 is 17.5 Å². The molecule has 136 valence electrons. The Labute approximate surface area is 158 Å². The average Bonchev–Trinajstić information content (AvgIpc) is 3.16. The van der Waals surface area contributed by atoms with Gasteiger partial charge in [0.05, 0.1) is 35.2 Å². The molecule has 3 heterocycles. The van der Waals surface area contributed by atoms with Gasteiger partial charge in [-0.3, -0.25) is 14.5 Å². The molecule has 1 amide bonds. The lowest BCUT2D eigenvalue weighted by Gasteiger charge is -2.36. The summed E-state index contributed by atoms with van der Waals surface area (Å²) in [5.41, 5.74) is 5.37. The van der Waals surface area contributed by atoms with Crippen LogP contribution in [0.2, 0.25) is 5.02 Å². The van der Waals surface area contributed by atoms with Crippen molar-refractivity contribution < 1.29 is 4.79 Å². The Morgan fingerprint density at radius 2 is 2.00 bits per heavy atom. The van der Waals surface area contributed by atoms with Gasteiger partial charge in [-0.2, -0.15) is 5.10 Å². The van der Waals surface area contributed by atoms with E-state index >= 15 is 0 Å². The highest BCUT2D eigenvalue weighted by atomic mass is 35.5. The molecular weight excluding hydrogens is 348 g/mol. The molecule has 3 aliphatic rings. The minimum absolute atomic E-state index is 0.135. The summed E-state index contributed by atoms with van der Waals surface area (Å²) in [4.78, 5) is 19.5. The smallest absolute Gasteiger partial charge is 0.226 e. The van der Waals surface area contributed by atoms with Crippen LogP contribution in [0.5, 0.6) is 0 Å². The van der Waals surface area contributed by atoms with Gasteiger partial charge in [0.2, 0.25) is 5.91 Å². The Balaban J connectivity index is 1.24. The number of carbonyl (C=O) groups excluding carboxylic acids is 1. The first-order valence-electron chi connectivity index (χ1n) is 9.48. The van der Waals surface area contributed by atoms with Gasteiger partial charge in [0, 0.05) is 18.7 Å². The van der Waals surface area contributed by atoms with E-state index in [9.17, 15) is 4.79 Å². The highest BCUT2D eigenvalue weighted by molar-refractivity contribution is 6.32. The molecule has 0 saturated heterocycles. The molecule has 1 aliphatic heterocycles. The zero-order chi connectivity index (χ0) is 18.0. The molecular formula is C20H23ClN4O. The highest BCUT2D eigenvalue weighted by Gasteiger charge is 2.40. The third kappa shape index (κ3) is 2.56. The van der Waals surface area contributed by atoms with Crippen molar-refractivity contribution in [3.63, 3.8) is 0 Å². The predicted octanol–water partition coefficient (Wildman–Crippen LogP) is 3.92. The van der Waals surface area contributed by atoms with E-state index in [4.69, 9.17) is 11.6 Å². The Kier molecular flexibility index (Phi) is 3.64. The molecule has 6 heteroatoms. The number of aromatic nitrogens is 3. The number of halogens is 1. The van der Waals surface area contributed by atoms with Crippen molar-refractivity contribution in [3.05, 3.63) is 45.5 Å². The van der Waals surface area contributed by atoms with Gasteiger partial charge in [-0.1, -0.05) is 11.6 Å². The van der Waals surface area contributed by atoms with Crippen molar-refractivity contribution in [2.24, 2.45) is 5.92 Å². The Bertz CT molecular complexity index is 895. The van der Waals surface area contributed by atoms with Gasteiger partial charge < -0.3 is 4.90 Å². The predicted molar refractivity (Wildman–Crippen MR) is 98.9 cm³/mol. The van der Waals surface area contributed by atoms with Crippen molar-refractivity contribution in [3.8, 4) is 0 Å². The summed E-state index contributed by atoms with van der Waals surface area (Å²) in [6, 6.07) is 0.621. The van der Waals surface area contributed by atoms with Crippen LogP contribution in [-0.4, -0.2) is 25.6 Å². The van der Waals surface area contributed by atoms with Crippen molar-refractivity contribution in [1.29, 1.82) is 0 Å². The number of hydrogen-bond acceptors (Lipinski definition) is 3. The maximum atomic E-state index is 12.9. The molecule has 5 rings (SSSR count). The minimum Gasteiger partial charge on any atom is -0.332 e. The number of nitrogens with zero attached hydrogens (tertiary/aromatic N) is 4. The molecule has 2 aromatic rings. The van der Waals surface area contributed by atoms with Crippen LogP contribution in [0.3, 0.4) is 0 Å². The minimum atomic E-state index is 0.135. The van der Waals surface area contributed by atoms with Crippen LogP contribution in [0.1, 0.15) is 65.7 Å². The Morgan fingerprint density at radius 1 is 1.23 bits per heavy atom. The molecule has 0 radical (unpaired) electrons. The first-order chi connectivity index (χ1) is 12.5. The average molecular weight is 371 g/mol. The van der Waals surface area contributed by atoms with E-state index in [1.54, 1.807) is 0 Å². The van der Waals surface area contributed by atoms with E-state index in [0.717, 1.165) is 40.4 Å². The monoisotopic (exact) mass is 370 g/mol. The molecule has 26 heavy (non-hydrogen) atoms. The summed E-state index contributed by atoms with van der Waals surface area (Å²) in [5, 5.41) is 5.21. The fourth-order valence-electron chi connectivity index (χ4n) is 4.32. The molecule has 0 atom stereocenters. The summed E-state index contributed by atoms with van der Waals surface area (Å²) < 4.78 is 2.10. The lowest BCUT2D eigenvalue weighted by molar-refractivity contribution is -0.139. The largest absolute Gasteiger partial charge is 0.332 e. The molecule has 0 N–H and O–H groups in total. The number of rotatable bonds is 3. The normalized spacial score (nSPS) is 24.5. The van der Waals surface area contributed by atoms with Crippen molar-refractivity contribution in [1.82, 2.24) is 19.7 Å². The van der Waals surface area contributed by atoms with Gasteiger partial charge in [0.1, 0.15) is 0 Å². The fourth-order valence-corrected chi connectivity index (χ4v) is 4.47. The molecule has 0 spiro atoms. The van der Waals surface area contributed by atoms with Crippen LogP contribution in [0.4, 0.5) is 0 Å². The van der Waals surface area contributed by atoms with E-state index in [1.807, 2.05) is 24.9 Å².